The summed E-state index contributed by atoms with van der Waals surface area (Å²) in [5.74, 6) is 0.288. The Morgan fingerprint density at radius 3 is 1.96 bits per heavy atom. The van der Waals surface area contributed by atoms with Crippen molar-refractivity contribution >= 4 is 36.6 Å². The second kappa shape index (κ2) is 10.4. The standard InChI is InChI=1S/C16H30N4O2.2ClH/c1-3-19(4-2)14(21)13-18-9-11-20(12-10-18)15(22)16(17)7-5-6-8-16;;/h3-13,17H2,1-2H3;2*1H. The molecule has 2 N–H and O–H groups in total. The van der Waals surface area contributed by atoms with E-state index in [1.165, 1.54) is 0 Å². The van der Waals surface area contributed by atoms with Crippen molar-refractivity contribution in [3.8, 4) is 0 Å². The van der Waals surface area contributed by atoms with Crippen LogP contribution in [0.1, 0.15) is 39.5 Å². The number of amides is 2. The van der Waals surface area contributed by atoms with Crippen molar-refractivity contribution in [2.45, 2.75) is 45.1 Å². The molecule has 0 bridgehead atoms. The summed E-state index contributed by atoms with van der Waals surface area (Å²) in [6.45, 7) is 8.85. The van der Waals surface area contributed by atoms with Crippen LogP contribution in [0.5, 0.6) is 0 Å². The first-order valence-electron chi connectivity index (χ1n) is 8.58. The Kier molecular flexibility index (Phi) is 10.2. The van der Waals surface area contributed by atoms with Gasteiger partial charge >= 0.3 is 0 Å². The highest BCUT2D eigenvalue weighted by Crippen LogP contribution is 2.29. The number of hydrogen-bond donors (Lipinski definition) is 1. The summed E-state index contributed by atoms with van der Waals surface area (Å²) in [5.41, 5.74) is 5.63. The summed E-state index contributed by atoms with van der Waals surface area (Å²) in [7, 11) is 0. The molecule has 0 unspecified atom stereocenters. The van der Waals surface area contributed by atoms with Crippen LogP contribution >= 0.6 is 24.8 Å². The molecule has 24 heavy (non-hydrogen) atoms. The molecule has 1 saturated carbocycles. The number of nitrogens with zero attached hydrogens (tertiary/aromatic N) is 3. The van der Waals surface area contributed by atoms with Crippen LogP contribution in [0, 0.1) is 0 Å². The van der Waals surface area contributed by atoms with Gasteiger partial charge in [0.15, 0.2) is 0 Å². The molecule has 1 heterocycles. The lowest BCUT2D eigenvalue weighted by atomic mass is 9.97. The molecule has 0 radical (unpaired) electrons. The number of rotatable bonds is 5. The highest BCUT2D eigenvalue weighted by Gasteiger charge is 2.40. The molecule has 0 aromatic heterocycles. The van der Waals surface area contributed by atoms with Crippen LogP contribution in [0.2, 0.25) is 0 Å². The van der Waals surface area contributed by atoms with Crippen LogP contribution in [0.4, 0.5) is 0 Å². The van der Waals surface area contributed by atoms with E-state index in [9.17, 15) is 9.59 Å². The Morgan fingerprint density at radius 2 is 1.50 bits per heavy atom. The topological polar surface area (TPSA) is 69.9 Å². The van der Waals surface area contributed by atoms with E-state index in [0.717, 1.165) is 51.9 Å². The molecule has 1 aliphatic carbocycles. The van der Waals surface area contributed by atoms with Crippen molar-refractivity contribution in [2.24, 2.45) is 5.73 Å². The zero-order valence-corrected chi connectivity index (χ0v) is 16.5. The number of hydrogen-bond acceptors (Lipinski definition) is 4. The Balaban J connectivity index is 0.00000264. The first-order chi connectivity index (χ1) is 10.5. The molecule has 0 spiro atoms. The van der Waals surface area contributed by atoms with Crippen molar-refractivity contribution < 1.29 is 9.59 Å². The monoisotopic (exact) mass is 382 g/mol. The van der Waals surface area contributed by atoms with Crippen molar-refractivity contribution in [3.63, 3.8) is 0 Å². The van der Waals surface area contributed by atoms with Gasteiger partial charge in [-0.2, -0.15) is 0 Å². The van der Waals surface area contributed by atoms with Crippen LogP contribution in [-0.2, 0) is 9.59 Å². The van der Waals surface area contributed by atoms with E-state index < -0.39 is 5.54 Å². The summed E-state index contributed by atoms with van der Waals surface area (Å²) >= 11 is 0. The third kappa shape index (κ3) is 5.48. The van der Waals surface area contributed by atoms with Crippen molar-refractivity contribution in [1.29, 1.82) is 0 Å². The van der Waals surface area contributed by atoms with E-state index in [2.05, 4.69) is 4.90 Å². The maximum atomic E-state index is 12.6. The zero-order chi connectivity index (χ0) is 16.2. The minimum absolute atomic E-state index is 0. The molecule has 6 nitrogen and oxygen atoms in total. The first-order valence-corrected chi connectivity index (χ1v) is 8.58. The summed E-state index contributed by atoms with van der Waals surface area (Å²) in [4.78, 5) is 30.6. The molecule has 142 valence electrons. The number of carbonyl (C=O) groups is 2. The highest BCUT2D eigenvalue weighted by molar-refractivity contribution is 5.86. The van der Waals surface area contributed by atoms with Crippen LogP contribution < -0.4 is 5.73 Å². The maximum Gasteiger partial charge on any atom is 0.242 e. The smallest absolute Gasteiger partial charge is 0.242 e. The average molecular weight is 383 g/mol. The lowest BCUT2D eigenvalue weighted by Gasteiger charge is -2.38. The molecule has 2 rings (SSSR count). The van der Waals surface area contributed by atoms with E-state index in [-0.39, 0.29) is 36.6 Å². The van der Waals surface area contributed by atoms with Gasteiger partial charge in [-0.1, -0.05) is 12.8 Å². The summed E-state index contributed by atoms with van der Waals surface area (Å²) < 4.78 is 0. The predicted molar refractivity (Wildman–Crippen MR) is 101 cm³/mol. The number of halogens is 2. The quantitative estimate of drug-likeness (QED) is 0.772. The molecule has 8 heteroatoms. The van der Waals surface area contributed by atoms with Gasteiger partial charge in [0.2, 0.25) is 11.8 Å². The molecule has 0 aromatic rings. The van der Waals surface area contributed by atoms with Gasteiger partial charge in [0.25, 0.3) is 0 Å². The third-order valence-electron chi connectivity index (χ3n) is 5.06. The Labute approximate surface area is 157 Å². The fourth-order valence-corrected chi connectivity index (χ4v) is 3.51. The van der Waals surface area contributed by atoms with Gasteiger partial charge in [-0.3, -0.25) is 14.5 Å². The van der Waals surface area contributed by atoms with Gasteiger partial charge in [-0.15, -0.1) is 24.8 Å². The average Bonchev–Trinajstić information content (AvgIpc) is 2.96. The zero-order valence-electron chi connectivity index (χ0n) is 14.8. The van der Waals surface area contributed by atoms with Crippen LogP contribution in [0.15, 0.2) is 0 Å². The molecule has 1 aliphatic heterocycles. The van der Waals surface area contributed by atoms with Crippen molar-refractivity contribution in [2.75, 3.05) is 45.8 Å². The maximum absolute atomic E-state index is 12.6. The number of carbonyl (C=O) groups excluding carboxylic acids is 2. The van der Waals surface area contributed by atoms with Gasteiger partial charge in [0.1, 0.15) is 0 Å². The third-order valence-corrected chi connectivity index (χ3v) is 5.06. The number of piperazine rings is 1. The summed E-state index contributed by atoms with van der Waals surface area (Å²) in [5, 5.41) is 0. The molecule has 1 saturated heterocycles. The molecule has 2 fully saturated rings. The van der Waals surface area contributed by atoms with Crippen molar-refractivity contribution in [1.82, 2.24) is 14.7 Å². The lowest BCUT2D eigenvalue weighted by Crippen LogP contribution is -2.59. The Hall–Kier alpha value is -0.560. The predicted octanol–water partition coefficient (Wildman–Crippen LogP) is 1.11. The fraction of sp³-hybridized carbons (Fsp3) is 0.875. The largest absolute Gasteiger partial charge is 0.342 e. The van der Waals surface area contributed by atoms with E-state index in [1.54, 1.807) is 0 Å². The Morgan fingerprint density at radius 1 is 1.00 bits per heavy atom. The first kappa shape index (κ1) is 23.4. The molecule has 2 aliphatic rings. The second-order valence-corrected chi connectivity index (χ2v) is 6.50. The number of likely N-dealkylation sites (N-methyl/N-ethyl adjacent to an activating group) is 1. The minimum Gasteiger partial charge on any atom is -0.342 e. The lowest BCUT2D eigenvalue weighted by molar-refractivity contribution is -0.139. The van der Waals surface area contributed by atoms with E-state index in [1.807, 2.05) is 23.6 Å². The van der Waals surface area contributed by atoms with Crippen LogP contribution in [-0.4, -0.2) is 77.9 Å². The molecule has 2 amide bonds. The van der Waals surface area contributed by atoms with Gasteiger partial charge in [0.05, 0.1) is 12.1 Å². The molecule has 0 atom stereocenters. The fourth-order valence-electron chi connectivity index (χ4n) is 3.51. The minimum atomic E-state index is -0.626. The molecule has 0 aromatic carbocycles. The van der Waals surface area contributed by atoms with E-state index >= 15 is 0 Å². The molecular weight excluding hydrogens is 351 g/mol. The summed E-state index contributed by atoms with van der Waals surface area (Å²) in [6, 6.07) is 0. The SMILES string of the molecule is CCN(CC)C(=O)CN1CCN(C(=O)C2(N)CCCC2)CC1.Cl.Cl. The van der Waals surface area contributed by atoms with E-state index in [4.69, 9.17) is 5.73 Å². The highest BCUT2D eigenvalue weighted by atomic mass is 35.5. The van der Waals surface area contributed by atoms with Gasteiger partial charge in [0, 0.05) is 39.3 Å². The van der Waals surface area contributed by atoms with Gasteiger partial charge in [-0.25, -0.2) is 0 Å². The van der Waals surface area contributed by atoms with E-state index in [0.29, 0.717) is 19.6 Å². The normalized spacial score (nSPS) is 20.0. The van der Waals surface area contributed by atoms with Crippen LogP contribution in [0.25, 0.3) is 0 Å². The Bertz CT molecular complexity index is 405. The van der Waals surface area contributed by atoms with Crippen LogP contribution in [0.3, 0.4) is 0 Å². The number of nitrogens with two attached hydrogens (primary N) is 1. The second-order valence-electron chi connectivity index (χ2n) is 6.50. The summed E-state index contributed by atoms with van der Waals surface area (Å²) in [6.07, 6.45) is 3.74. The van der Waals surface area contributed by atoms with Gasteiger partial charge < -0.3 is 15.5 Å². The molecular formula is C16H32Cl2N4O2. The van der Waals surface area contributed by atoms with Crippen molar-refractivity contribution in [3.05, 3.63) is 0 Å². The van der Waals surface area contributed by atoms with Gasteiger partial charge in [-0.05, 0) is 26.7 Å².